The Hall–Kier alpha value is -7.52. The Kier molecular flexibility index (Phi) is 17.7. The second-order valence-corrected chi connectivity index (χ2v) is 18.0. The van der Waals surface area contributed by atoms with Crippen molar-refractivity contribution in [3.63, 3.8) is 0 Å². The number of unbranched alkanes of at least 4 members (excludes halogenated alkanes) is 3. The zero-order valence-electron chi connectivity index (χ0n) is 41.6. The Morgan fingerprint density at radius 1 is 0.557 bits per heavy atom. The molecule has 1 atom stereocenters. The van der Waals surface area contributed by atoms with Gasteiger partial charge in [0.15, 0.2) is 11.6 Å². The van der Waals surface area contributed by atoms with Gasteiger partial charge in [-0.05, 0) is 133 Å². The van der Waals surface area contributed by atoms with E-state index >= 15 is 0 Å². The van der Waals surface area contributed by atoms with Crippen LogP contribution in [0.2, 0.25) is 0 Å². The standard InChI is InChI=1S/C61H69N7O2/c1-6-10-19-43(9-4)42-65-66-61-57(47-32-40-53(41-33-47)68(49-22-17-14-18-23-49)51-36-28-45(29-37-51)55(70)25-12-8-3)60(64-5)58(62)56(59(61)63)46-30-38-52(39-31-46)67(48-20-15-13-16-21-48)50-34-26-44(27-35-50)54(69)24-11-7-2/h13-18,20-23,26-41,43,63-65H,6-12,19,24-25,42,62H2,1-5H3/b63-59?,66-61-. The minimum absolute atomic E-state index is 0.157. The van der Waals surface area contributed by atoms with E-state index in [0.29, 0.717) is 53.5 Å². The molecule has 6 aromatic rings. The number of hydrogen-bond acceptors (Lipinski definition) is 9. The molecule has 0 aliphatic heterocycles. The smallest absolute Gasteiger partial charge is 0.162 e. The Morgan fingerprint density at radius 2 is 0.957 bits per heavy atom. The van der Waals surface area contributed by atoms with Crippen molar-refractivity contribution in [1.82, 2.24) is 10.7 Å². The summed E-state index contributed by atoms with van der Waals surface area (Å²) in [7, 11) is 1.86. The quantitative estimate of drug-likeness (QED) is 0.0270. The third kappa shape index (κ3) is 11.8. The lowest BCUT2D eigenvalue weighted by molar-refractivity contribution is 0.0972. The van der Waals surface area contributed by atoms with Crippen LogP contribution in [0.5, 0.6) is 0 Å². The summed E-state index contributed by atoms with van der Waals surface area (Å²) in [5.41, 5.74) is 22.6. The fraction of sp³-hybridized carbons (Fsp3) is 0.279. The minimum atomic E-state index is 0.157. The molecule has 0 saturated heterocycles. The van der Waals surface area contributed by atoms with Crippen LogP contribution in [-0.2, 0) is 0 Å². The van der Waals surface area contributed by atoms with E-state index in [-0.39, 0.29) is 17.3 Å². The third-order valence-electron chi connectivity index (χ3n) is 13.1. The van der Waals surface area contributed by atoms with Crippen molar-refractivity contribution in [2.45, 2.75) is 91.9 Å². The molecule has 5 N–H and O–H groups in total. The number of ketones is 2. The number of benzene rings is 6. The van der Waals surface area contributed by atoms with Crippen molar-refractivity contribution in [1.29, 1.82) is 5.41 Å². The molecule has 0 aromatic heterocycles. The molecular formula is C61H69N7O2. The van der Waals surface area contributed by atoms with Crippen molar-refractivity contribution in [3.05, 3.63) is 191 Å². The van der Waals surface area contributed by atoms with Gasteiger partial charge in [-0.3, -0.25) is 15.0 Å². The van der Waals surface area contributed by atoms with E-state index < -0.39 is 0 Å². The molecule has 1 aliphatic carbocycles. The Balaban J connectivity index is 1.28. The molecule has 0 bridgehead atoms. The van der Waals surface area contributed by atoms with Gasteiger partial charge in [0.1, 0.15) is 5.71 Å². The number of nitrogens with one attached hydrogen (secondary N) is 3. The largest absolute Gasteiger partial charge is 0.396 e. The topological polar surface area (TPSA) is 127 Å². The summed E-state index contributed by atoms with van der Waals surface area (Å²) in [6, 6.07) is 52.6. The maximum Gasteiger partial charge on any atom is 0.162 e. The van der Waals surface area contributed by atoms with Crippen LogP contribution in [0.15, 0.2) is 174 Å². The van der Waals surface area contributed by atoms with E-state index in [1.165, 1.54) is 0 Å². The van der Waals surface area contributed by atoms with Crippen molar-refractivity contribution >= 4 is 68.3 Å². The maximum absolute atomic E-state index is 12.9. The molecule has 1 aliphatic rings. The van der Waals surface area contributed by atoms with Gasteiger partial charge in [0.2, 0.25) is 0 Å². The number of rotatable bonds is 24. The first-order valence-electron chi connectivity index (χ1n) is 25.2. The van der Waals surface area contributed by atoms with E-state index in [2.05, 4.69) is 109 Å². The first kappa shape index (κ1) is 50.4. The number of likely N-dealkylation sites (N-methyl/N-ethyl adjacent to an activating group) is 1. The molecule has 9 heteroatoms. The second-order valence-electron chi connectivity index (χ2n) is 18.0. The highest BCUT2D eigenvalue weighted by Crippen LogP contribution is 2.40. The minimum Gasteiger partial charge on any atom is -0.396 e. The lowest BCUT2D eigenvalue weighted by Gasteiger charge is -2.29. The normalized spacial score (nSPS) is 13.6. The third-order valence-corrected chi connectivity index (χ3v) is 13.1. The van der Waals surface area contributed by atoms with E-state index in [4.69, 9.17) is 10.8 Å². The summed E-state index contributed by atoms with van der Waals surface area (Å²) >= 11 is 0. The Morgan fingerprint density at radius 3 is 1.36 bits per heavy atom. The van der Waals surface area contributed by atoms with Crippen molar-refractivity contribution in [3.8, 4) is 0 Å². The summed E-state index contributed by atoms with van der Waals surface area (Å²) < 4.78 is 0. The molecule has 0 spiro atoms. The van der Waals surface area contributed by atoms with Crippen LogP contribution in [0.4, 0.5) is 34.1 Å². The molecule has 0 fully saturated rings. The SMILES string of the molecule is CCCCC(=O)c1ccc(N(c2ccccc2)c2ccc(C3=C(N)C(NC)=C(c4ccc(N(c5ccccc5)c5ccc(C(=O)CCCC)cc5)cc4)/C(=N/NCC(CC)CCCC)C3=N)cc2)cc1. The molecule has 1 unspecified atom stereocenters. The van der Waals surface area contributed by atoms with Gasteiger partial charge in [0, 0.05) is 82.8 Å². The van der Waals surface area contributed by atoms with Crippen molar-refractivity contribution in [2.75, 3.05) is 23.4 Å². The van der Waals surface area contributed by atoms with Crippen LogP contribution < -0.4 is 26.3 Å². The summed E-state index contributed by atoms with van der Waals surface area (Å²) in [5, 5.41) is 18.4. The predicted molar refractivity (Wildman–Crippen MR) is 294 cm³/mol. The van der Waals surface area contributed by atoms with E-state index in [0.717, 1.165) is 108 Å². The molecule has 70 heavy (non-hydrogen) atoms. The van der Waals surface area contributed by atoms with Crippen LogP contribution in [0.3, 0.4) is 0 Å². The molecule has 6 aromatic carbocycles. The zero-order valence-corrected chi connectivity index (χ0v) is 41.6. The fourth-order valence-corrected chi connectivity index (χ4v) is 9.06. The van der Waals surface area contributed by atoms with Crippen LogP contribution in [0.25, 0.3) is 11.1 Å². The number of nitrogens with zero attached hydrogens (tertiary/aromatic N) is 3. The van der Waals surface area contributed by atoms with Gasteiger partial charge in [-0.15, -0.1) is 0 Å². The highest BCUT2D eigenvalue weighted by Gasteiger charge is 2.32. The second kappa shape index (κ2) is 24.7. The van der Waals surface area contributed by atoms with Gasteiger partial charge in [-0.2, -0.15) is 5.10 Å². The number of carbonyl (C=O) groups excluding carboxylic acids is 2. The monoisotopic (exact) mass is 932 g/mol. The van der Waals surface area contributed by atoms with Gasteiger partial charge >= 0.3 is 0 Å². The number of hydrazone groups is 1. The van der Waals surface area contributed by atoms with Crippen LogP contribution in [0.1, 0.15) is 124 Å². The van der Waals surface area contributed by atoms with Gasteiger partial charge in [0.05, 0.1) is 17.1 Å². The van der Waals surface area contributed by atoms with E-state index in [1.54, 1.807) is 0 Å². The zero-order chi connectivity index (χ0) is 49.4. The number of carbonyl (C=O) groups is 2. The molecule has 0 saturated carbocycles. The fourth-order valence-electron chi connectivity index (χ4n) is 9.06. The Bertz CT molecular complexity index is 2780. The van der Waals surface area contributed by atoms with Gasteiger partial charge in [-0.1, -0.05) is 120 Å². The summed E-state index contributed by atoms with van der Waals surface area (Å²) in [6.45, 7) is 9.33. The number of Topliss-reactive ketones (excluding diaryl/α,β-unsaturated/α-hetero) is 2. The first-order valence-corrected chi connectivity index (χ1v) is 25.2. The highest BCUT2D eigenvalue weighted by atomic mass is 16.1. The summed E-state index contributed by atoms with van der Waals surface area (Å²) in [4.78, 5) is 30.1. The number of hydrogen-bond donors (Lipinski definition) is 4. The Labute approximate surface area is 415 Å². The van der Waals surface area contributed by atoms with Gasteiger partial charge < -0.3 is 26.3 Å². The summed E-state index contributed by atoms with van der Waals surface area (Å²) in [5.74, 6) is 0.763. The lowest BCUT2D eigenvalue weighted by Crippen LogP contribution is -2.33. The van der Waals surface area contributed by atoms with Crippen molar-refractivity contribution < 1.29 is 9.59 Å². The number of nitrogens with two attached hydrogens (primary N) is 1. The number of para-hydroxylation sites is 2. The molecule has 7 rings (SSSR count). The van der Waals surface area contributed by atoms with Gasteiger partial charge in [-0.25, -0.2) is 0 Å². The maximum atomic E-state index is 12.9. The number of allylic oxidation sites excluding steroid dienone is 2. The highest BCUT2D eigenvalue weighted by molar-refractivity contribution is 6.69. The van der Waals surface area contributed by atoms with E-state index in [9.17, 15) is 15.0 Å². The van der Waals surface area contributed by atoms with Crippen LogP contribution in [-0.4, -0.2) is 36.6 Å². The predicted octanol–water partition coefficient (Wildman–Crippen LogP) is 14.9. The molecule has 0 heterocycles. The molecule has 360 valence electrons. The molecule has 9 nitrogen and oxygen atoms in total. The van der Waals surface area contributed by atoms with Crippen LogP contribution >= 0.6 is 0 Å². The van der Waals surface area contributed by atoms with E-state index in [1.807, 2.05) is 104 Å². The first-order chi connectivity index (χ1) is 34.2. The van der Waals surface area contributed by atoms with Gasteiger partial charge in [0.25, 0.3) is 0 Å². The summed E-state index contributed by atoms with van der Waals surface area (Å²) in [6.07, 6.45) is 9.22. The molecule has 0 amide bonds. The van der Waals surface area contributed by atoms with Crippen LogP contribution in [0, 0.1) is 11.3 Å². The number of anilines is 6. The van der Waals surface area contributed by atoms with Crippen molar-refractivity contribution in [2.24, 2.45) is 16.8 Å². The average Bonchev–Trinajstić information content (AvgIpc) is 3.40. The average molecular weight is 932 g/mol. The lowest BCUT2D eigenvalue weighted by atomic mass is 9.83. The molecule has 0 radical (unpaired) electrons. The molecular weight excluding hydrogens is 863 g/mol.